The molecule has 0 atom stereocenters. The van der Waals surface area contributed by atoms with E-state index < -0.39 is 0 Å². The zero-order valence-corrected chi connectivity index (χ0v) is 11.3. The standard InChI is InChI=1S/C17H17NO/c1-3-14-5-4-6-17(10-14)19-12-16-8-7-15(11-18)9-13(16)2/h4-10H,3,12H2,1-2H3. The third-order valence-electron chi connectivity index (χ3n) is 3.17. The lowest BCUT2D eigenvalue weighted by atomic mass is 10.1. The number of benzene rings is 2. The second-order valence-electron chi connectivity index (χ2n) is 4.54. The summed E-state index contributed by atoms with van der Waals surface area (Å²) in [5, 5.41) is 8.84. The molecule has 0 amide bonds. The minimum atomic E-state index is 0.532. The van der Waals surface area contributed by atoms with Crippen molar-refractivity contribution in [1.82, 2.24) is 0 Å². The van der Waals surface area contributed by atoms with Gasteiger partial charge in [0.1, 0.15) is 12.4 Å². The Kier molecular flexibility index (Phi) is 4.20. The van der Waals surface area contributed by atoms with Gasteiger partial charge in [-0.15, -0.1) is 0 Å². The molecular weight excluding hydrogens is 234 g/mol. The molecule has 2 heteroatoms. The van der Waals surface area contributed by atoms with Crippen LogP contribution in [0.3, 0.4) is 0 Å². The molecule has 0 fully saturated rings. The predicted octanol–water partition coefficient (Wildman–Crippen LogP) is 4.01. The lowest BCUT2D eigenvalue weighted by Gasteiger charge is -2.10. The number of hydrogen-bond donors (Lipinski definition) is 0. The molecule has 2 rings (SSSR count). The van der Waals surface area contributed by atoms with E-state index in [1.807, 2.05) is 37.3 Å². The second kappa shape index (κ2) is 6.06. The van der Waals surface area contributed by atoms with E-state index in [0.29, 0.717) is 12.2 Å². The van der Waals surface area contributed by atoms with Crippen molar-refractivity contribution in [2.24, 2.45) is 0 Å². The zero-order valence-electron chi connectivity index (χ0n) is 11.3. The molecule has 2 aromatic carbocycles. The van der Waals surface area contributed by atoms with E-state index in [2.05, 4.69) is 25.1 Å². The maximum absolute atomic E-state index is 8.84. The Hall–Kier alpha value is -2.27. The average molecular weight is 251 g/mol. The van der Waals surface area contributed by atoms with Gasteiger partial charge in [-0.2, -0.15) is 5.26 Å². The number of hydrogen-bond acceptors (Lipinski definition) is 2. The number of ether oxygens (including phenoxy) is 1. The minimum absolute atomic E-state index is 0.532. The summed E-state index contributed by atoms with van der Waals surface area (Å²) in [6, 6.07) is 16.0. The van der Waals surface area contributed by atoms with E-state index in [9.17, 15) is 0 Å². The first-order valence-corrected chi connectivity index (χ1v) is 6.44. The molecular formula is C17H17NO. The molecule has 0 aliphatic heterocycles. The van der Waals surface area contributed by atoms with Gasteiger partial charge in [0, 0.05) is 0 Å². The van der Waals surface area contributed by atoms with E-state index in [-0.39, 0.29) is 0 Å². The zero-order chi connectivity index (χ0) is 13.7. The highest BCUT2D eigenvalue weighted by molar-refractivity contribution is 5.37. The molecule has 0 aliphatic carbocycles. The molecule has 0 spiro atoms. The highest BCUT2D eigenvalue weighted by atomic mass is 16.5. The van der Waals surface area contributed by atoms with Gasteiger partial charge in [-0.3, -0.25) is 0 Å². The molecule has 2 nitrogen and oxygen atoms in total. The lowest BCUT2D eigenvalue weighted by Crippen LogP contribution is -1.98. The van der Waals surface area contributed by atoms with Crippen LogP contribution in [-0.4, -0.2) is 0 Å². The van der Waals surface area contributed by atoms with Crippen molar-refractivity contribution >= 4 is 0 Å². The quantitative estimate of drug-likeness (QED) is 0.822. The van der Waals surface area contributed by atoms with Crippen molar-refractivity contribution in [2.45, 2.75) is 26.9 Å². The van der Waals surface area contributed by atoms with Crippen LogP contribution in [0.5, 0.6) is 5.75 Å². The fourth-order valence-electron chi connectivity index (χ4n) is 1.94. The van der Waals surface area contributed by atoms with Gasteiger partial charge in [-0.1, -0.05) is 25.1 Å². The van der Waals surface area contributed by atoms with Crippen LogP contribution >= 0.6 is 0 Å². The highest BCUT2D eigenvalue weighted by Gasteiger charge is 2.02. The summed E-state index contributed by atoms with van der Waals surface area (Å²) < 4.78 is 5.81. The Morgan fingerprint density at radius 3 is 2.68 bits per heavy atom. The third kappa shape index (κ3) is 3.35. The fraction of sp³-hybridized carbons (Fsp3) is 0.235. The van der Waals surface area contributed by atoms with Gasteiger partial charge in [0.05, 0.1) is 11.6 Å². The Bertz CT molecular complexity index is 611. The van der Waals surface area contributed by atoms with Crippen LogP contribution in [0, 0.1) is 18.3 Å². The van der Waals surface area contributed by atoms with Crippen LogP contribution in [0.15, 0.2) is 42.5 Å². The van der Waals surface area contributed by atoms with Crippen LogP contribution in [0.4, 0.5) is 0 Å². The summed E-state index contributed by atoms with van der Waals surface area (Å²) >= 11 is 0. The minimum Gasteiger partial charge on any atom is -0.489 e. The molecule has 0 heterocycles. The monoisotopic (exact) mass is 251 g/mol. The Morgan fingerprint density at radius 1 is 1.16 bits per heavy atom. The van der Waals surface area contributed by atoms with Gasteiger partial charge in [-0.05, 0) is 54.3 Å². The Morgan fingerprint density at radius 2 is 2.00 bits per heavy atom. The highest BCUT2D eigenvalue weighted by Crippen LogP contribution is 2.17. The molecule has 0 N–H and O–H groups in total. The molecule has 0 radical (unpaired) electrons. The number of rotatable bonds is 4. The molecule has 0 saturated heterocycles. The van der Waals surface area contributed by atoms with Crippen LogP contribution in [-0.2, 0) is 13.0 Å². The van der Waals surface area contributed by atoms with E-state index in [0.717, 1.165) is 23.3 Å². The van der Waals surface area contributed by atoms with E-state index >= 15 is 0 Å². The van der Waals surface area contributed by atoms with E-state index in [1.165, 1.54) is 5.56 Å². The van der Waals surface area contributed by atoms with Gasteiger partial charge < -0.3 is 4.74 Å². The number of nitriles is 1. The summed E-state index contributed by atoms with van der Waals surface area (Å²) in [6.07, 6.45) is 1.01. The summed E-state index contributed by atoms with van der Waals surface area (Å²) in [6.45, 7) is 4.66. The maximum atomic E-state index is 8.84. The van der Waals surface area contributed by atoms with Crippen molar-refractivity contribution in [3.05, 3.63) is 64.7 Å². The second-order valence-corrected chi connectivity index (χ2v) is 4.54. The van der Waals surface area contributed by atoms with Crippen LogP contribution in [0.1, 0.15) is 29.2 Å². The molecule has 0 bridgehead atoms. The Labute approximate surface area is 114 Å². The molecule has 19 heavy (non-hydrogen) atoms. The van der Waals surface area contributed by atoms with Crippen molar-refractivity contribution in [1.29, 1.82) is 5.26 Å². The van der Waals surface area contributed by atoms with Gasteiger partial charge in [-0.25, -0.2) is 0 Å². The van der Waals surface area contributed by atoms with Gasteiger partial charge >= 0.3 is 0 Å². The molecule has 0 aliphatic rings. The first-order valence-electron chi connectivity index (χ1n) is 6.44. The van der Waals surface area contributed by atoms with Crippen LogP contribution in [0.2, 0.25) is 0 Å². The summed E-state index contributed by atoms with van der Waals surface area (Å²) in [4.78, 5) is 0. The summed E-state index contributed by atoms with van der Waals surface area (Å²) in [7, 11) is 0. The topological polar surface area (TPSA) is 33.0 Å². The maximum Gasteiger partial charge on any atom is 0.120 e. The van der Waals surface area contributed by atoms with Crippen molar-refractivity contribution < 1.29 is 4.74 Å². The van der Waals surface area contributed by atoms with Gasteiger partial charge in [0.15, 0.2) is 0 Å². The molecule has 96 valence electrons. The largest absolute Gasteiger partial charge is 0.489 e. The van der Waals surface area contributed by atoms with Crippen molar-refractivity contribution in [3.8, 4) is 11.8 Å². The molecule has 0 saturated carbocycles. The van der Waals surface area contributed by atoms with E-state index in [4.69, 9.17) is 10.00 Å². The van der Waals surface area contributed by atoms with Gasteiger partial charge in [0.2, 0.25) is 0 Å². The van der Waals surface area contributed by atoms with Crippen LogP contribution in [0.25, 0.3) is 0 Å². The molecule has 0 unspecified atom stereocenters. The van der Waals surface area contributed by atoms with E-state index in [1.54, 1.807) is 0 Å². The van der Waals surface area contributed by atoms with Crippen molar-refractivity contribution in [2.75, 3.05) is 0 Å². The summed E-state index contributed by atoms with van der Waals surface area (Å²) in [5.41, 5.74) is 4.16. The number of aryl methyl sites for hydroxylation is 2. The smallest absolute Gasteiger partial charge is 0.120 e. The first-order chi connectivity index (χ1) is 9.22. The third-order valence-corrected chi connectivity index (χ3v) is 3.17. The van der Waals surface area contributed by atoms with Crippen LogP contribution < -0.4 is 4.74 Å². The first kappa shape index (κ1) is 13.2. The SMILES string of the molecule is CCc1cccc(OCc2ccc(C#N)cc2C)c1. The fourth-order valence-corrected chi connectivity index (χ4v) is 1.94. The van der Waals surface area contributed by atoms with Gasteiger partial charge in [0.25, 0.3) is 0 Å². The average Bonchev–Trinajstić information content (AvgIpc) is 2.46. The predicted molar refractivity (Wildman–Crippen MR) is 76.0 cm³/mol. The molecule has 0 aromatic heterocycles. The lowest BCUT2D eigenvalue weighted by molar-refractivity contribution is 0.305. The molecule has 2 aromatic rings. The normalized spacial score (nSPS) is 9.95. The Balaban J connectivity index is 2.08. The number of nitrogens with zero attached hydrogens (tertiary/aromatic N) is 1. The van der Waals surface area contributed by atoms with Crippen molar-refractivity contribution in [3.63, 3.8) is 0 Å². The summed E-state index contributed by atoms with van der Waals surface area (Å²) in [5.74, 6) is 0.892.